The zero-order valence-electron chi connectivity index (χ0n) is 41.4. The number of H-pyrrole nitrogens is 1. The van der Waals surface area contributed by atoms with E-state index >= 15 is 4.79 Å². The Morgan fingerprint density at radius 3 is 2.50 bits per heavy atom. The van der Waals surface area contributed by atoms with Gasteiger partial charge in [-0.05, 0) is 152 Å². The normalized spacial score (nSPS) is 45.4. The SMILES string of the molecule is CNCC1SSCC2SSCC(NC)C3CC4C5CC1C(O)C1(O)OC(C(=O)Oc6c(CO)[nH]c7ccc8cc9ccccc9cc8c67)C(OC4C4(CCC6CC7CCC8C2c2cc(O)ccc2C64C78)C3O)C51O. The number of carbonyl (C=O) groups excluding carboxylic acids is 1. The first-order valence-electron chi connectivity index (χ1n) is 27.1. The second kappa shape index (κ2) is 17.1. The highest BCUT2D eigenvalue weighted by Gasteiger charge is 2.85. The molecule has 7 aliphatic heterocycles. The van der Waals surface area contributed by atoms with Gasteiger partial charge >= 0.3 is 5.97 Å². The molecule has 8 heterocycles. The van der Waals surface area contributed by atoms with E-state index in [1.54, 1.807) is 10.8 Å². The van der Waals surface area contributed by atoms with Crippen molar-refractivity contribution in [3.63, 3.8) is 0 Å². The minimum Gasteiger partial charge on any atom is -0.508 e. The van der Waals surface area contributed by atoms with Crippen molar-refractivity contribution >= 4 is 81.6 Å². The van der Waals surface area contributed by atoms with Crippen molar-refractivity contribution in [2.75, 3.05) is 32.1 Å². The van der Waals surface area contributed by atoms with Gasteiger partial charge in [-0.25, -0.2) is 4.79 Å². The zero-order chi connectivity index (χ0) is 50.4. The van der Waals surface area contributed by atoms with Crippen LogP contribution in [0.5, 0.6) is 11.5 Å². The number of fused-ring (bicyclic) bond motifs is 4. The summed E-state index contributed by atoms with van der Waals surface area (Å²) >= 11 is 0. The maximum absolute atomic E-state index is 15.6. The van der Waals surface area contributed by atoms with E-state index in [2.05, 4.69) is 39.9 Å². The average Bonchev–Trinajstić information content (AvgIpc) is 4.20. The molecule has 74 heavy (non-hydrogen) atoms. The number of hydrogen-bond donors (Lipinski definition) is 9. The van der Waals surface area contributed by atoms with Crippen molar-refractivity contribution in [2.45, 2.75) is 121 Å². The van der Waals surface area contributed by atoms with Gasteiger partial charge in [0, 0.05) is 69.1 Å². The Labute approximate surface area is 445 Å². The number of carbonyl (C=O) groups is 1. The van der Waals surface area contributed by atoms with E-state index in [0.29, 0.717) is 48.5 Å². The predicted molar refractivity (Wildman–Crippen MR) is 290 cm³/mol. The van der Waals surface area contributed by atoms with Gasteiger partial charge in [-0.3, -0.25) is 0 Å². The third-order valence-electron chi connectivity index (χ3n) is 21.5. The molecule has 13 aliphatic rings. The Kier molecular flexibility index (Phi) is 11.2. The Morgan fingerprint density at radius 1 is 0.865 bits per heavy atom. The van der Waals surface area contributed by atoms with E-state index in [1.807, 2.05) is 88.9 Å². The summed E-state index contributed by atoms with van der Waals surface area (Å²) in [6, 6.07) is 22.1. The van der Waals surface area contributed by atoms with Gasteiger partial charge in [0.05, 0.1) is 35.4 Å². The summed E-state index contributed by atoms with van der Waals surface area (Å²) in [7, 11) is 11.3. The van der Waals surface area contributed by atoms with E-state index in [4.69, 9.17) is 14.2 Å². The van der Waals surface area contributed by atoms with E-state index in [0.717, 1.165) is 58.7 Å². The van der Waals surface area contributed by atoms with E-state index in [-0.39, 0.29) is 57.4 Å². The number of phenolic OH excluding ortho intramolecular Hbond substituents is 1. The lowest BCUT2D eigenvalue weighted by Crippen LogP contribution is -2.80. The summed E-state index contributed by atoms with van der Waals surface area (Å²) in [5, 5.41) is 88.6. The van der Waals surface area contributed by atoms with Crippen molar-refractivity contribution in [1.82, 2.24) is 15.6 Å². The van der Waals surface area contributed by atoms with Crippen LogP contribution in [0, 0.1) is 52.8 Å². The standard InChI is InChI=1S/C57H65N3O10S4/c1-58-21-42-36-20-38-34-19-35-41(59-2)23-71-74-43(24-72-73-42)44-31-10-7-28-16-29-13-14-54(49(35)63,55(29,46(28)31)37-11-9-30(62)18-33(37)44)51(34)69-52-48(70-57(67,50(36)64)56(38,52)66)53(65)68-47-40(22-61)60-39-12-8-27-15-25-5-3-4-6-26(25)17-32(27)45(39)47/h3-6,8-9,11-12,15,17-18,28-29,31,34-36,38,41-44,46,48-52,58-64,66-67H,7,10,13-14,16,19-24H2,1-2H3. The molecule has 13 nitrogen and oxygen atoms in total. The first kappa shape index (κ1) is 48.4. The summed E-state index contributed by atoms with van der Waals surface area (Å²) in [4.78, 5) is 18.9. The number of aromatic hydroxyl groups is 1. The van der Waals surface area contributed by atoms with Crippen LogP contribution in [0.15, 0.2) is 66.7 Å². The molecule has 9 N–H and O–H groups in total. The highest BCUT2D eigenvalue weighted by molar-refractivity contribution is 8.78. The Balaban J connectivity index is 0.954. The Bertz CT molecular complexity index is 3130. The molecule has 392 valence electrons. The number of rotatable bonds is 6. The monoisotopic (exact) mass is 1080 g/mol. The average molecular weight is 1080 g/mol. The fraction of sp³-hybridized carbons (Fsp3) is 0.596. The first-order valence-corrected chi connectivity index (χ1v) is 31.8. The smallest absolute Gasteiger partial charge is 0.343 e. The first-order chi connectivity index (χ1) is 35.9. The van der Waals surface area contributed by atoms with Crippen molar-refractivity contribution in [3.8, 4) is 11.5 Å². The highest BCUT2D eigenvalue weighted by Crippen LogP contribution is 2.82. The lowest BCUT2D eigenvalue weighted by atomic mass is 9.39. The number of hydrogen-bond acceptors (Lipinski definition) is 16. The molecule has 21 unspecified atom stereocenters. The minimum atomic E-state index is -2.66. The molecule has 0 radical (unpaired) electrons. The van der Waals surface area contributed by atoms with Gasteiger partial charge < -0.3 is 60.5 Å². The molecule has 4 aromatic carbocycles. The molecule has 1 aromatic heterocycles. The van der Waals surface area contributed by atoms with Crippen LogP contribution in [0.3, 0.4) is 0 Å². The molecule has 9 bridgehead atoms. The van der Waals surface area contributed by atoms with Crippen LogP contribution in [0.4, 0.5) is 0 Å². The quantitative estimate of drug-likeness (QED) is 0.0479. The van der Waals surface area contributed by atoms with Crippen molar-refractivity contribution < 1.29 is 49.6 Å². The van der Waals surface area contributed by atoms with Crippen LogP contribution in [0.2, 0.25) is 0 Å². The van der Waals surface area contributed by atoms with Gasteiger partial charge in [0.25, 0.3) is 0 Å². The molecule has 0 amide bonds. The molecule has 10 fully saturated rings. The topological polar surface area (TPSA) is 206 Å². The number of phenols is 1. The van der Waals surface area contributed by atoms with Crippen LogP contribution in [-0.2, 0) is 26.3 Å². The summed E-state index contributed by atoms with van der Waals surface area (Å²) in [6.07, 6.45) is -0.805. The number of aliphatic hydroxyl groups excluding tert-OH is 3. The number of ether oxygens (including phenoxy) is 3. The van der Waals surface area contributed by atoms with Crippen molar-refractivity contribution in [3.05, 3.63) is 83.6 Å². The lowest BCUT2D eigenvalue weighted by molar-refractivity contribution is -0.381. The molecule has 21 atom stereocenters. The summed E-state index contributed by atoms with van der Waals surface area (Å²) in [6.45, 7) is 0.0327. The van der Waals surface area contributed by atoms with Gasteiger partial charge in [0.1, 0.15) is 18.0 Å². The second-order valence-corrected chi connectivity index (χ2v) is 29.2. The number of esters is 1. The van der Waals surface area contributed by atoms with Crippen molar-refractivity contribution in [1.29, 1.82) is 0 Å². The summed E-state index contributed by atoms with van der Waals surface area (Å²) < 4.78 is 21.1. The molecule has 18 rings (SSSR count). The number of aliphatic hydroxyl groups is 5. The third kappa shape index (κ3) is 6.03. The molecular weight excluding hydrogens is 1010 g/mol. The van der Waals surface area contributed by atoms with Gasteiger partial charge in [-0.15, -0.1) is 0 Å². The van der Waals surface area contributed by atoms with Crippen LogP contribution < -0.4 is 15.4 Å². The van der Waals surface area contributed by atoms with E-state index < -0.39 is 83.1 Å². The largest absolute Gasteiger partial charge is 0.508 e. The predicted octanol–water partition coefficient (Wildman–Crippen LogP) is 6.97. The molecule has 5 saturated carbocycles. The number of nitrogens with one attached hydrogen (secondary N) is 3. The lowest BCUT2D eigenvalue weighted by Gasteiger charge is -2.69. The molecule has 5 aromatic rings. The second-order valence-electron chi connectivity index (χ2n) is 23.9. The van der Waals surface area contributed by atoms with Gasteiger partial charge in [-0.2, -0.15) is 0 Å². The van der Waals surface area contributed by atoms with Crippen LogP contribution in [0.1, 0.15) is 67.7 Å². The van der Waals surface area contributed by atoms with Crippen LogP contribution in [-0.4, -0.2) is 132 Å². The molecular formula is C57H65N3O10S4. The fourth-order valence-corrected chi connectivity index (χ4v) is 26.3. The summed E-state index contributed by atoms with van der Waals surface area (Å²) in [5.74, 6) is -2.31. The third-order valence-corrected chi connectivity index (χ3v) is 27.6. The van der Waals surface area contributed by atoms with Crippen LogP contribution >= 0.6 is 43.2 Å². The Morgan fingerprint density at radius 2 is 1.69 bits per heavy atom. The number of aromatic amines is 1. The minimum absolute atomic E-state index is 0.0980. The molecule has 17 heteroatoms. The molecule has 5 saturated heterocycles. The summed E-state index contributed by atoms with van der Waals surface area (Å²) in [5.41, 5.74) is -0.395. The fourth-order valence-electron chi connectivity index (χ4n) is 19.2. The Hall–Kier alpha value is -2.75. The molecule has 6 aliphatic carbocycles. The maximum Gasteiger partial charge on any atom is 0.343 e. The van der Waals surface area contributed by atoms with Crippen molar-refractivity contribution in [2.24, 2.45) is 52.8 Å². The van der Waals surface area contributed by atoms with Gasteiger partial charge in [0.15, 0.2) is 17.5 Å². The highest BCUT2D eigenvalue weighted by atomic mass is 33.1. The van der Waals surface area contributed by atoms with Crippen LogP contribution in [0.25, 0.3) is 32.4 Å². The number of aromatic nitrogens is 1. The van der Waals surface area contributed by atoms with Gasteiger partial charge in [-0.1, -0.05) is 79.6 Å². The van der Waals surface area contributed by atoms with E-state index in [9.17, 15) is 30.6 Å². The number of benzene rings is 4. The molecule has 2 spiro atoms. The maximum atomic E-state index is 15.6. The van der Waals surface area contributed by atoms with Gasteiger partial charge in [0.2, 0.25) is 5.79 Å². The van der Waals surface area contributed by atoms with E-state index in [1.165, 1.54) is 11.1 Å². The zero-order valence-corrected chi connectivity index (χ0v) is 44.7.